The summed E-state index contributed by atoms with van der Waals surface area (Å²) in [6, 6.07) is 3.24. The number of pyridine rings is 1. The zero-order valence-electron chi connectivity index (χ0n) is 7.36. The molecule has 0 saturated heterocycles. The molecule has 3 nitrogen and oxygen atoms in total. The number of halogens is 3. The maximum Gasteiger partial charge on any atom is 0.435 e. The smallest absolute Gasteiger partial charge is 0.264 e. The number of rotatable bonds is 1. The first-order valence-corrected chi connectivity index (χ1v) is 4.05. The lowest BCUT2D eigenvalue weighted by atomic mass is 10.1. The Morgan fingerprint density at radius 3 is 2.53 bits per heavy atom. The minimum atomic E-state index is -4.45. The minimum absolute atomic E-state index is 0.176. The number of hydrogen-bond donors (Lipinski definition) is 0. The molecule has 0 saturated carbocycles. The minimum Gasteiger partial charge on any atom is -0.264 e. The molecule has 1 aliphatic rings. The molecule has 0 N–H and O–H groups in total. The van der Waals surface area contributed by atoms with E-state index in [1.165, 1.54) is 12.4 Å². The predicted molar refractivity (Wildman–Crippen MR) is 47.0 cm³/mol. The Morgan fingerprint density at radius 2 is 2.00 bits per heavy atom. The normalized spacial score (nSPS) is 15.7. The van der Waals surface area contributed by atoms with Crippen LogP contribution in [0.4, 0.5) is 13.2 Å². The van der Waals surface area contributed by atoms with Crippen LogP contribution in [-0.4, -0.2) is 16.9 Å². The van der Waals surface area contributed by atoms with Gasteiger partial charge in [0, 0.05) is 18.0 Å². The summed E-state index contributed by atoms with van der Waals surface area (Å²) in [4.78, 5) is 3.78. The summed E-state index contributed by atoms with van der Waals surface area (Å²) < 4.78 is 36.6. The van der Waals surface area contributed by atoms with Gasteiger partial charge in [-0.1, -0.05) is 0 Å². The zero-order chi connectivity index (χ0) is 10.9. The number of aromatic nitrogens is 1. The summed E-state index contributed by atoms with van der Waals surface area (Å²) in [5, 5.41) is 3.44. The Morgan fingerprint density at radius 1 is 1.20 bits per heavy atom. The molecule has 1 aliphatic heterocycles. The highest BCUT2D eigenvalue weighted by atomic mass is 19.4. The molecule has 0 aliphatic carbocycles. The van der Waals surface area contributed by atoms with E-state index < -0.39 is 11.9 Å². The fourth-order valence-electron chi connectivity index (χ4n) is 1.09. The monoisotopic (exact) mass is 212 g/mol. The third-order valence-corrected chi connectivity index (χ3v) is 1.79. The molecule has 1 radical (unpaired) electrons. The Bertz CT molecular complexity index is 420. The highest BCUT2D eigenvalue weighted by Gasteiger charge is 2.37. The molecule has 1 aromatic rings. The van der Waals surface area contributed by atoms with Crippen LogP contribution in [0, 0.1) is 0 Å². The molecule has 2 heterocycles. The van der Waals surface area contributed by atoms with E-state index in [1.54, 1.807) is 12.1 Å². The maximum absolute atomic E-state index is 12.2. The largest absolute Gasteiger partial charge is 0.435 e. The van der Waals surface area contributed by atoms with Gasteiger partial charge in [-0.15, -0.1) is 10.5 Å². The number of allylic oxidation sites excluding steroid dienone is 2. The Balaban J connectivity index is 2.26. The van der Waals surface area contributed by atoms with Crippen LogP contribution in [0.2, 0.25) is 0 Å². The van der Waals surface area contributed by atoms with Crippen molar-refractivity contribution >= 4 is 5.71 Å². The second-order valence-corrected chi connectivity index (χ2v) is 2.85. The molecule has 15 heavy (non-hydrogen) atoms. The molecule has 77 valence electrons. The van der Waals surface area contributed by atoms with Crippen LogP contribution in [0.1, 0.15) is 5.56 Å². The Labute approximate surface area is 83.3 Å². The van der Waals surface area contributed by atoms with E-state index in [2.05, 4.69) is 15.5 Å². The van der Waals surface area contributed by atoms with E-state index in [0.717, 1.165) is 6.08 Å². The van der Waals surface area contributed by atoms with Crippen molar-refractivity contribution in [3.63, 3.8) is 0 Å². The van der Waals surface area contributed by atoms with Crippen molar-refractivity contribution in [3.8, 4) is 0 Å². The average molecular weight is 212 g/mol. The lowest BCUT2D eigenvalue weighted by molar-refractivity contribution is -0.0964. The first-order valence-electron chi connectivity index (χ1n) is 4.05. The van der Waals surface area contributed by atoms with Crippen molar-refractivity contribution < 1.29 is 13.2 Å². The molecule has 0 unspecified atom stereocenters. The summed E-state index contributed by atoms with van der Waals surface area (Å²) >= 11 is 0. The van der Waals surface area contributed by atoms with Crippen LogP contribution in [0.15, 0.2) is 41.4 Å². The second kappa shape index (κ2) is 3.38. The van der Waals surface area contributed by atoms with E-state index >= 15 is 0 Å². The van der Waals surface area contributed by atoms with Crippen molar-refractivity contribution in [2.24, 2.45) is 5.10 Å². The van der Waals surface area contributed by atoms with Crippen LogP contribution < -0.4 is 5.43 Å². The van der Waals surface area contributed by atoms with Gasteiger partial charge in [0.2, 0.25) is 0 Å². The topological polar surface area (TPSA) is 39.4 Å². The summed E-state index contributed by atoms with van der Waals surface area (Å²) in [7, 11) is 0. The highest BCUT2D eigenvalue weighted by molar-refractivity contribution is 6.09. The van der Waals surface area contributed by atoms with Crippen LogP contribution in [0.3, 0.4) is 0 Å². The number of alkyl halides is 3. The fraction of sp³-hybridized carbons (Fsp3) is 0.111. The summed E-state index contributed by atoms with van der Waals surface area (Å²) in [5.74, 6) is 0. The molecular formula is C9H5F3N3. The molecular weight excluding hydrogens is 207 g/mol. The Hall–Kier alpha value is -1.85. The second-order valence-electron chi connectivity index (χ2n) is 2.85. The predicted octanol–water partition coefficient (Wildman–Crippen LogP) is 1.85. The van der Waals surface area contributed by atoms with E-state index in [-0.39, 0.29) is 5.71 Å². The molecule has 2 rings (SSSR count). The van der Waals surface area contributed by atoms with Crippen molar-refractivity contribution in [2.45, 2.75) is 6.18 Å². The lowest BCUT2D eigenvalue weighted by Gasteiger charge is -2.02. The van der Waals surface area contributed by atoms with Crippen LogP contribution in [0.5, 0.6) is 0 Å². The molecule has 0 bridgehead atoms. The van der Waals surface area contributed by atoms with Gasteiger partial charge in [-0.2, -0.15) is 13.2 Å². The maximum atomic E-state index is 12.2. The Kier molecular flexibility index (Phi) is 2.18. The summed E-state index contributed by atoms with van der Waals surface area (Å²) in [6.45, 7) is 0. The van der Waals surface area contributed by atoms with Gasteiger partial charge in [0.05, 0.1) is 5.71 Å². The summed E-state index contributed by atoms with van der Waals surface area (Å²) in [6.07, 6.45) is -0.584. The van der Waals surface area contributed by atoms with Gasteiger partial charge in [0.1, 0.15) is 0 Å². The number of nitrogens with zero attached hydrogens (tertiary/aromatic N) is 3. The third kappa shape index (κ3) is 1.98. The molecule has 0 atom stereocenters. The highest BCUT2D eigenvalue weighted by Crippen LogP contribution is 2.27. The van der Waals surface area contributed by atoms with Gasteiger partial charge < -0.3 is 0 Å². The molecule has 0 spiro atoms. The van der Waals surface area contributed by atoms with Gasteiger partial charge in [0.25, 0.3) is 0 Å². The van der Waals surface area contributed by atoms with Crippen molar-refractivity contribution in [2.75, 3.05) is 0 Å². The van der Waals surface area contributed by atoms with Crippen LogP contribution in [0.25, 0.3) is 0 Å². The van der Waals surface area contributed by atoms with Gasteiger partial charge in [-0.3, -0.25) is 4.98 Å². The van der Waals surface area contributed by atoms with Crippen molar-refractivity contribution in [1.29, 1.82) is 0 Å². The molecule has 6 heteroatoms. The van der Waals surface area contributed by atoms with E-state index in [0.29, 0.717) is 5.56 Å². The third-order valence-electron chi connectivity index (χ3n) is 1.79. The van der Waals surface area contributed by atoms with Crippen molar-refractivity contribution in [1.82, 2.24) is 10.4 Å². The van der Waals surface area contributed by atoms with Gasteiger partial charge in [-0.25, -0.2) is 0 Å². The molecule has 0 amide bonds. The average Bonchev–Trinajstić information content (AvgIpc) is 2.67. The fourth-order valence-corrected chi connectivity index (χ4v) is 1.09. The van der Waals surface area contributed by atoms with E-state index in [1.807, 2.05) is 0 Å². The quantitative estimate of drug-likeness (QED) is 0.700. The standard InChI is InChI=1S/C9H5F3N3/c10-9(11,12)8-4-7(14-15-8)6-2-1-3-13-5-6/h1-5H. The first kappa shape index (κ1) is 9.70. The van der Waals surface area contributed by atoms with E-state index in [9.17, 15) is 13.2 Å². The SMILES string of the molecule is FC(F)(F)C1=CC(c2cccnc2)=N[N]1. The van der Waals surface area contributed by atoms with Crippen molar-refractivity contribution in [3.05, 3.63) is 41.9 Å². The summed E-state index contributed by atoms with van der Waals surface area (Å²) in [5.41, 5.74) is 2.77. The van der Waals surface area contributed by atoms with Crippen LogP contribution in [-0.2, 0) is 0 Å². The van der Waals surface area contributed by atoms with Gasteiger partial charge in [0.15, 0.2) is 5.70 Å². The molecule has 0 aromatic carbocycles. The van der Waals surface area contributed by atoms with Gasteiger partial charge in [-0.05, 0) is 18.2 Å². The first-order chi connectivity index (χ1) is 7.07. The number of hydrogen-bond acceptors (Lipinski definition) is 2. The van der Waals surface area contributed by atoms with E-state index in [4.69, 9.17) is 0 Å². The molecule has 1 aromatic heterocycles. The lowest BCUT2D eigenvalue weighted by Crippen LogP contribution is -2.15. The van der Waals surface area contributed by atoms with Crippen LogP contribution >= 0.6 is 0 Å². The zero-order valence-corrected chi connectivity index (χ0v) is 7.36. The van der Waals surface area contributed by atoms with Gasteiger partial charge >= 0.3 is 6.18 Å². The molecule has 0 fully saturated rings.